The number of carbonyl (C=O) groups excluding carboxylic acids is 1. The molecule has 0 atom stereocenters. The molecule has 26 heavy (non-hydrogen) atoms. The maximum atomic E-state index is 12.5. The lowest BCUT2D eigenvalue weighted by Crippen LogP contribution is -2.07. The van der Waals surface area contributed by atoms with Crippen molar-refractivity contribution >= 4 is 34.7 Å². The molecule has 1 heterocycles. The molecule has 2 aliphatic carbocycles. The molecule has 4 nitrogen and oxygen atoms in total. The Hall–Kier alpha value is -2.33. The molecule has 1 aromatic carbocycles. The van der Waals surface area contributed by atoms with E-state index in [9.17, 15) is 14.7 Å². The van der Waals surface area contributed by atoms with Gasteiger partial charge in [0.05, 0.1) is 5.57 Å². The minimum absolute atomic E-state index is 0.176. The molecule has 0 radical (unpaired) electrons. The fourth-order valence-corrected chi connectivity index (χ4v) is 4.40. The normalized spacial score (nSPS) is 20.5. The van der Waals surface area contributed by atoms with E-state index in [2.05, 4.69) is 5.32 Å². The number of anilines is 1. The van der Waals surface area contributed by atoms with Crippen LogP contribution in [0, 0.1) is 0 Å². The Bertz CT molecular complexity index is 908. The van der Waals surface area contributed by atoms with E-state index in [-0.39, 0.29) is 5.91 Å². The number of halogens is 1. The van der Waals surface area contributed by atoms with Gasteiger partial charge in [-0.05, 0) is 73.4 Å². The topological polar surface area (TPSA) is 66.4 Å². The van der Waals surface area contributed by atoms with E-state index in [0.29, 0.717) is 23.4 Å². The van der Waals surface area contributed by atoms with Crippen molar-refractivity contribution in [1.29, 1.82) is 0 Å². The number of benzene rings is 1. The number of carbonyl (C=O) groups is 2. The molecule has 0 spiro atoms. The van der Waals surface area contributed by atoms with Crippen LogP contribution in [-0.4, -0.2) is 22.9 Å². The van der Waals surface area contributed by atoms with Crippen LogP contribution in [0.2, 0.25) is 0 Å². The van der Waals surface area contributed by atoms with Crippen LogP contribution >= 0.6 is 11.6 Å². The number of allylic oxidation sites excluding steroid dienone is 3. The zero-order chi connectivity index (χ0) is 18.3. The molecule has 0 fully saturated rings. The predicted molar refractivity (Wildman–Crippen MR) is 102 cm³/mol. The third-order valence-electron chi connectivity index (χ3n) is 5.39. The van der Waals surface area contributed by atoms with Crippen molar-refractivity contribution in [3.8, 4) is 0 Å². The fourth-order valence-electron chi connectivity index (χ4n) is 4.18. The zero-order valence-electron chi connectivity index (χ0n) is 14.4. The number of fused-ring (bicyclic) bond motifs is 1. The maximum Gasteiger partial charge on any atom is 0.336 e. The van der Waals surface area contributed by atoms with Crippen LogP contribution in [0.4, 0.5) is 5.69 Å². The van der Waals surface area contributed by atoms with Crippen LogP contribution in [-0.2, 0) is 16.0 Å². The van der Waals surface area contributed by atoms with E-state index >= 15 is 0 Å². The molecule has 2 N–H and O–H groups in total. The lowest BCUT2D eigenvalue weighted by atomic mass is 9.91. The van der Waals surface area contributed by atoms with Gasteiger partial charge in [-0.15, -0.1) is 11.6 Å². The Morgan fingerprint density at radius 2 is 2.08 bits per heavy atom. The first kappa shape index (κ1) is 17.1. The van der Waals surface area contributed by atoms with Gasteiger partial charge in [-0.25, -0.2) is 4.79 Å². The Kier molecular flexibility index (Phi) is 4.45. The van der Waals surface area contributed by atoms with E-state index < -0.39 is 5.97 Å². The minimum atomic E-state index is -0.890. The number of aliphatic carboxylic acids is 1. The quantitative estimate of drug-likeness (QED) is 0.608. The van der Waals surface area contributed by atoms with Crippen molar-refractivity contribution in [1.82, 2.24) is 0 Å². The largest absolute Gasteiger partial charge is 0.478 e. The van der Waals surface area contributed by atoms with Crippen molar-refractivity contribution in [2.24, 2.45) is 0 Å². The third kappa shape index (κ3) is 2.88. The van der Waals surface area contributed by atoms with Crippen LogP contribution < -0.4 is 5.32 Å². The summed E-state index contributed by atoms with van der Waals surface area (Å²) in [6.45, 7) is 0. The van der Waals surface area contributed by atoms with Crippen LogP contribution in [0.1, 0.15) is 43.2 Å². The van der Waals surface area contributed by atoms with Crippen LogP contribution in [0.15, 0.2) is 46.6 Å². The molecule has 1 amide bonds. The monoisotopic (exact) mass is 369 g/mol. The van der Waals surface area contributed by atoms with Gasteiger partial charge < -0.3 is 10.4 Å². The van der Waals surface area contributed by atoms with Gasteiger partial charge in [-0.2, -0.15) is 0 Å². The van der Waals surface area contributed by atoms with Gasteiger partial charge in [0.15, 0.2) is 0 Å². The number of carboxylic acids is 1. The van der Waals surface area contributed by atoms with Crippen LogP contribution in [0.3, 0.4) is 0 Å². The molecule has 0 saturated heterocycles. The summed E-state index contributed by atoms with van der Waals surface area (Å²) in [5.74, 6) is -0.548. The maximum absolute atomic E-state index is 12.5. The Morgan fingerprint density at radius 3 is 2.85 bits per heavy atom. The molecule has 1 aromatic rings. The predicted octanol–water partition coefficient (Wildman–Crippen LogP) is 4.46. The van der Waals surface area contributed by atoms with Crippen molar-refractivity contribution in [3.05, 3.63) is 57.7 Å². The number of hydrogen-bond acceptors (Lipinski definition) is 2. The molecule has 1 aliphatic heterocycles. The molecule has 0 unspecified atom stereocenters. The van der Waals surface area contributed by atoms with Gasteiger partial charge in [-0.1, -0.05) is 11.6 Å². The SMILES string of the molecule is O=C(O)C1=C(C=C2C(=O)Nc3ccc(CCCl)cc32)CC2=C1CCCC2. The first-order valence-corrected chi connectivity index (χ1v) is 9.52. The van der Waals surface area contributed by atoms with Crippen LogP contribution in [0.5, 0.6) is 0 Å². The smallest absolute Gasteiger partial charge is 0.336 e. The number of alkyl halides is 1. The summed E-state index contributed by atoms with van der Waals surface area (Å²) in [5, 5.41) is 12.6. The van der Waals surface area contributed by atoms with E-state index in [1.807, 2.05) is 18.2 Å². The molecule has 0 bridgehead atoms. The summed E-state index contributed by atoms with van der Waals surface area (Å²) in [6.07, 6.45) is 7.09. The van der Waals surface area contributed by atoms with Crippen molar-refractivity contribution in [2.75, 3.05) is 11.2 Å². The molecule has 5 heteroatoms. The molecule has 134 valence electrons. The summed E-state index contributed by atoms with van der Waals surface area (Å²) in [4.78, 5) is 24.4. The zero-order valence-corrected chi connectivity index (χ0v) is 15.2. The summed E-state index contributed by atoms with van der Waals surface area (Å²) < 4.78 is 0. The third-order valence-corrected chi connectivity index (χ3v) is 5.58. The average Bonchev–Trinajstić information content (AvgIpc) is 3.13. The highest BCUT2D eigenvalue weighted by molar-refractivity contribution is 6.32. The lowest BCUT2D eigenvalue weighted by Gasteiger charge is -2.14. The highest BCUT2D eigenvalue weighted by Gasteiger charge is 2.31. The number of nitrogens with one attached hydrogen (secondary N) is 1. The number of carboxylic acid groups (broad SMARTS) is 1. The van der Waals surface area contributed by atoms with Crippen LogP contribution in [0.25, 0.3) is 5.57 Å². The van der Waals surface area contributed by atoms with Gasteiger partial charge in [-0.3, -0.25) is 4.79 Å². The molecular weight excluding hydrogens is 350 g/mol. The number of hydrogen-bond donors (Lipinski definition) is 2. The second-order valence-corrected chi connectivity index (χ2v) is 7.38. The molecule has 0 aromatic heterocycles. The summed E-state index contributed by atoms with van der Waals surface area (Å²) >= 11 is 5.84. The minimum Gasteiger partial charge on any atom is -0.478 e. The molecule has 3 aliphatic rings. The van der Waals surface area contributed by atoms with Gasteiger partial charge in [0.1, 0.15) is 0 Å². The second kappa shape index (κ2) is 6.76. The highest BCUT2D eigenvalue weighted by atomic mass is 35.5. The van der Waals surface area contributed by atoms with Gasteiger partial charge >= 0.3 is 5.97 Å². The molecular formula is C21H20ClNO3. The van der Waals surface area contributed by atoms with E-state index in [1.165, 1.54) is 5.57 Å². The molecule has 0 saturated carbocycles. The fraction of sp³-hybridized carbons (Fsp3) is 0.333. The van der Waals surface area contributed by atoms with E-state index in [1.54, 1.807) is 6.08 Å². The number of amides is 1. The molecule has 4 rings (SSSR count). The van der Waals surface area contributed by atoms with E-state index in [0.717, 1.165) is 60.1 Å². The standard InChI is InChI=1S/C21H20ClNO3/c22-8-7-12-5-6-18-16(9-12)17(20(24)23-18)11-14-10-13-3-1-2-4-15(13)19(14)21(25)26/h5-6,9,11H,1-4,7-8,10H2,(H,23,24)(H,25,26). The van der Waals surface area contributed by atoms with Gasteiger partial charge in [0, 0.05) is 22.7 Å². The van der Waals surface area contributed by atoms with E-state index in [4.69, 9.17) is 11.6 Å². The van der Waals surface area contributed by atoms with Gasteiger partial charge in [0.25, 0.3) is 5.91 Å². The summed E-state index contributed by atoms with van der Waals surface area (Å²) in [6, 6.07) is 5.83. The lowest BCUT2D eigenvalue weighted by molar-refractivity contribution is -0.132. The first-order valence-electron chi connectivity index (χ1n) is 8.98. The number of aryl methyl sites for hydroxylation is 1. The van der Waals surface area contributed by atoms with Crippen molar-refractivity contribution in [2.45, 2.75) is 38.5 Å². The Balaban J connectivity index is 1.77. The number of rotatable bonds is 4. The Morgan fingerprint density at radius 1 is 1.27 bits per heavy atom. The summed E-state index contributed by atoms with van der Waals surface area (Å²) in [7, 11) is 0. The first-order chi connectivity index (χ1) is 12.6. The van der Waals surface area contributed by atoms with Gasteiger partial charge in [0.2, 0.25) is 0 Å². The Labute approximate surface area is 157 Å². The van der Waals surface area contributed by atoms with Crippen molar-refractivity contribution in [3.63, 3.8) is 0 Å². The average molecular weight is 370 g/mol. The highest BCUT2D eigenvalue weighted by Crippen LogP contribution is 2.43. The van der Waals surface area contributed by atoms with Crippen molar-refractivity contribution < 1.29 is 14.7 Å². The second-order valence-electron chi connectivity index (χ2n) is 7.00. The summed E-state index contributed by atoms with van der Waals surface area (Å²) in [5.41, 5.74) is 6.60.